The fourth-order valence-electron chi connectivity index (χ4n) is 2.44. The van der Waals surface area contributed by atoms with Crippen LogP contribution in [-0.2, 0) is 0 Å². The molecule has 27 heavy (non-hydrogen) atoms. The molecule has 0 aliphatic carbocycles. The number of halogens is 2. The van der Waals surface area contributed by atoms with Gasteiger partial charge in [-0.05, 0) is 42.5 Å². The average molecular weight is 388 g/mol. The number of aromatic nitrogens is 2. The largest absolute Gasteiger partial charge is 0.395 e. The highest BCUT2D eigenvalue weighted by molar-refractivity contribution is 6.31. The van der Waals surface area contributed by atoms with Crippen molar-refractivity contribution in [3.63, 3.8) is 0 Å². The molecular weight excluding hydrogens is 369 g/mol. The van der Waals surface area contributed by atoms with Crippen LogP contribution in [0.5, 0.6) is 0 Å². The second-order valence-electron chi connectivity index (χ2n) is 5.86. The third-order valence-corrected chi connectivity index (χ3v) is 4.16. The van der Waals surface area contributed by atoms with Gasteiger partial charge < -0.3 is 20.6 Å². The zero-order valence-corrected chi connectivity index (χ0v) is 15.4. The van der Waals surface area contributed by atoms with E-state index in [1.54, 1.807) is 12.1 Å². The molecule has 140 valence electrons. The van der Waals surface area contributed by atoms with Crippen molar-refractivity contribution in [1.82, 2.24) is 9.97 Å². The van der Waals surface area contributed by atoms with Crippen molar-refractivity contribution in [1.29, 1.82) is 0 Å². The lowest BCUT2D eigenvalue weighted by atomic mass is 10.2. The Morgan fingerprint density at radius 1 is 1.00 bits per heavy atom. The Morgan fingerprint density at radius 3 is 2.26 bits per heavy atom. The number of aliphatic hydroxyl groups excluding tert-OH is 1. The predicted octanol–water partition coefficient (Wildman–Crippen LogP) is 4.18. The van der Waals surface area contributed by atoms with Crippen LogP contribution in [0.1, 0.15) is 0 Å². The van der Waals surface area contributed by atoms with E-state index in [2.05, 4.69) is 20.6 Å². The number of hydrogen-bond acceptors (Lipinski definition) is 6. The number of likely N-dealkylation sites (N-methyl/N-ethyl adjacent to an activating group) is 1. The van der Waals surface area contributed by atoms with Gasteiger partial charge in [-0.2, -0.15) is 0 Å². The first kappa shape index (κ1) is 18.9. The molecule has 0 unspecified atom stereocenters. The molecule has 0 bridgehead atoms. The smallest absolute Gasteiger partial charge is 0.141 e. The van der Waals surface area contributed by atoms with E-state index in [0.717, 1.165) is 11.4 Å². The van der Waals surface area contributed by atoms with Crippen molar-refractivity contribution in [2.75, 3.05) is 35.7 Å². The topological polar surface area (TPSA) is 73.3 Å². The highest BCUT2D eigenvalue weighted by Gasteiger charge is 2.05. The number of rotatable bonds is 7. The van der Waals surface area contributed by atoms with E-state index >= 15 is 0 Å². The van der Waals surface area contributed by atoms with Crippen LogP contribution in [0, 0.1) is 5.82 Å². The van der Waals surface area contributed by atoms with Crippen LogP contribution in [0.15, 0.2) is 54.9 Å². The van der Waals surface area contributed by atoms with Crippen LogP contribution in [0.4, 0.5) is 33.1 Å². The molecule has 1 aromatic heterocycles. The van der Waals surface area contributed by atoms with Gasteiger partial charge in [-0.3, -0.25) is 0 Å². The summed E-state index contributed by atoms with van der Waals surface area (Å²) in [6.07, 6.45) is 1.43. The van der Waals surface area contributed by atoms with Gasteiger partial charge in [0.25, 0.3) is 0 Å². The summed E-state index contributed by atoms with van der Waals surface area (Å²) in [5.41, 5.74) is 2.50. The second kappa shape index (κ2) is 8.66. The molecule has 0 radical (unpaired) electrons. The highest BCUT2D eigenvalue weighted by atomic mass is 35.5. The van der Waals surface area contributed by atoms with Crippen LogP contribution >= 0.6 is 11.6 Å². The van der Waals surface area contributed by atoms with E-state index in [-0.39, 0.29) is 11.6 Å². The Kier molecular flexibility index (Phi) is 6.05. The Bertz CT molecular complexity index is 907. The van der Waals surface area contributed by atoms with E-state index in [1.165, 1.54) is 18.5 Å². The maximum atomic E-state index is 13.3. The number of aliphatic hydroxyl groups is 1. The Morgan fingerprint density at radius 2 is 1.63 bits per heavy atom. The summed E-state index contributed by atoms with van der Waals surface area (Å²) in [7, 11) is 1.92. The number of anilines is 5. The first-order valence-corrected chi connectivity index (χ1v) is 8.66. The molecule has 0 amide bonds. The quantitative estimate of drug-likeness (QED) is 0.564. The molecule has 0 atom stereocenters. The molecule has 0 spiro atoms. The van der Waals surface area contributed by atoms with Gasteiger partial charge in [0.05, 0.1) is 11.6 Å². The van der Waals surface area contributed by atoms with Crippen molar-refractivity contribution in [2.45, 2.75) is 0 Å². The highest BCUT2D eigenvalue weighted by Crippen LogP contribution is 2.24. The van der Waals surface area contributed by atoms with Crippen LogP contribution in [-0.4, -0.2) is 35.3 Å². The maximum absolute atomic E-state index is 13.3. The van der Waals surface area contributed by atoms with Crippen LogP contribution in [0.2, 0.25) is 5.02 Å². The molecule has 2 aromatic carbocycles. The van der Waals surface area contributed by atoms with Crippen LogP contribution in [0.25, 0.3) is 0 Å². The van der Waals surface area contributed by atoms with E-state index in [9.17, 15) is 4.39 Å². The van der Waals surface area contributed by atoms with Gasteiger partial charge in [0.15, 0.2) is 0 Å². The van der Waals surface area contributed by atoms with E-state index in [4.69, 9.17) is 16.7 Å². The number of nitrogens with one attached hydrogen (secondary N) is 2. The first-order chi connectivity index (χ1) is 13.0. The first-order valence-electron chi connectivity index (χ1n) is 8.28. The lowest BCUT2D eigenvalue weighted by Gasteiger charge is -2.18. The van der Waals surface area contributed by atoms with Crippen molar-refractivity contribution in [2.24, 2.45) is 0 Å². The van der Waals surface area contributed by atoms with Crippen LogP contribution < -0.4 is 15.5 Å². The Balaban J connectivity index is 1.69. The van der Waals surface area contributed by atoms with Crippen LogP contribution in [0.3, 0.4) is 0 Å². The summed E-state index contributed by atoms with van der Waals surface area (Å²) in [5, 5.41) is 15.3. The molecule has 0 saturated heterocycles. The van der Waals surface area contributed by atoms with Gasteiger partial charge >= 0.3 is 0 Å². The van der Waals surface area contributed by atoms with Crippen molar-refractivity contribution in [3.8, 4) is 0 Å². The van der Waals surface area contributed by atoms with Gasteiger partial charge in [-0.25, -0.2) is 14.4 Å². The molecule has 0 aliphatic heterocycles. The fraction of sp³-hybridized carbons (Fsp3) is 0.158. The molecular formula is C19H19ClFN5O. The standard InChI is InChI=1S/C19H19ClFN5O/c1-26(8-9-27)15-5-2-13(3-6-15)24-18-11-19(23-12-22-18)25-14-4-7-17(21)16(20)10-14/h2-7,10-12,27H,8-9H2,1H3,(H2,22,23,24,25). The summed E-state index contributed by atoms with van der Waals surface area (Å²) in [4.78, 5) is 10.3. The van der Waals surface area contributed by atoms with E-state index in [0.29, 0.717) is 23.9 Å². The molecule has 8 heteroatoms. The van der Waals surface area contributed by atoms with Gasteiger partial charge in [-0.1, -0.05) is 11.6 Å². The second-order valence-corrected chi connectivity index (χ2v) is 6.27. The third-order valence-electron chi connectivity index (χ3n) is 3.87. The molecule has 0 saturated carbocycles. The molecule has 0 aliphatic rings. The molecule has 3 N–H and O–H groups in total. The lowest BCUT2D eigenvalue weighted by molar-refractivity contribution is 0.304. The zero-order chi connectivity index (χ0) is 19.2. The van der Waals surface area contributed by atoms with E-state index < -0.39 is 5.82 Å². The normalized spacial score (nSPS) is 10.5. The van der Waals surface area contributed by atoms with Gasteiger partial charge in [-0.15, -0.1) is 0 Å². The molecule has 3 rings (SSSR count). The van der Waals surface area contributed by atoms with Crippen molar-refractivity contribution >= 4 is 40.3 Å². The van der Waals surface area contributed by atoms with Gasteiger partial charge in [0.2, 0.25) is 0 Å². The lowest BCUT2D eigenvalue weighted by Crippen LogP contribution is -2.20. The Hall–Kier alpha value is -2.90. The molecule has 3 aromatic rings. The summed E-state index contributed by atoms with van der Waals surface area (Å²) in [5.74, 6) is 0.687. The Labute approximate surface area is 161 Å². The minimum atomic E-state index is -0.472. The SMILES string of the molecule is CN(CCO)c1ccc(Nc2cc(Nc3ccc(F)c(Cl)c3)ncn2)cc1. The van der Waals surface area contributed by atoms with Gasteiger partial charge in [0.1, 0.15) is 23.8 Å². The summed E-state index contributed by atoms with van der Waals surface area (Å²) in [6.45, 7) is 0.674. The monoisotopic (exact) mass is 387 g/mol. The number of nitrogens with zero attached hydrogens (tertiary/aromatic N) is 3. The van der Waals surface area contributed by atoms with Crippen molar-refractivity contribution in [3.05, 3.63) is 65.7 Å². The fourth-order valence-corrected chi connectivity index (χ4v) is 2.62. The third kappa shape index (κ3) is 5.06. The van der Waals surface area contributed by atoms with Gasteiger partial charge in [0, 0.05) is 36.7 Å². The molecule has 1 heterocycles. The predicted molar refractivity (Wildman–Crippen MR) is 107 cm³/mol. The zero-order valence-electron chi connectivity index (χ0n) is 14.7. The maximum Gasteiger partial charge on any atom is 0.141 e. The molecule has 6 nitrogen and oxygen atoms in total. The number of hydrogen-bond donors (Lipinski definition) is 3. The summed E-state index contributed by atoms with van der Waals surface area (Å²) >= 11 is 5.80. The average Bonchev–Trinajstić information content (AvgIpc) is 2.66. The molecule has 0 fully saturated rings. The summed E-state index contributed by atoms with van der Waals surface area (Å²) < 4.78 is 13.3. The number of benzene rings is 2. The van der Waals surface area contributed by atoms with E-state index in [1.807, 2.05) is 36.2 Å². The van der Waals surface area contributed by atoms with Crippen molar-refractivity contribution < 1.29 is 9.50 Å². The minimum absolute atomic E-state index is 0.0404. The minimum Gasteiger partial charge on any atom is -0.395 e. The summed E-state index contributed by atoms with van der Waals surface area (Å²) in [6, 6.07) is 13.9.